The number of amides is 1. The first-order chi connectivity index (χ1) is 12.2. The highest BCUT2D eigenvalue weighted by molar-refractivity contribution is 7.07. The van der Waals surface area contributed by atoms with Crippen LogP contribution in [0.5, 0.6) is 0 Å². The molecule has 1 aliphatic heterocycles. The maximum absolute atomic E-state index is 13.2. The Bertz CT molecular complexity index is 725. The first-order valence-corrected chi connectivity index (χ1v) is 9.76. The van der Waals surface area contributed by atoms with Crippen molar-refractivity contribution in [1.82, 2.24) is 10.2 Å². The lowest BCUT2D eigenvalue weighted by Gasteiger charge is -2.29. The highest BCUT2D eigenvalue weighted by Gasteiger charge is 2.58. The van der Waals surface area contributed by atoms with E-state index >= 15 is 0 Å². The minimum atomic E-state index is -0.00559. The average molecular weight is 397 g/mol. The molecule has 26 heavy (non-hydrogen) atoms. The zero-order valence-electron chi connectivity index (χ0n) is 14.9. The van der Waals surface area contributed by atoms with Crippen molar-refractivity contribution in [3.8, 4) is 0 Å². The van der Waals surface area contributed by atoms with E-state index in [0.29, 0.717) is 36.1 Å². The molecule has 5 nitrogen and oxygen atoms in total. The van der Waals surface area contributed by atoms with Gasteiger partial charge in [0, 0.05) is 19.7 Å². The summed E-state index contributed by atoms with van der Waals surface area (Å²) < 4.78 is 10.8. The van der Waals surface area contributed by atoms with Crippen LogP contribution in [0, 0.1) is 5.41 Å². The topological polar surface area (TPSA) is 54.7 Å². The minimum absolute atomic E-state index is 0. The first kappa shape index (κ1) is 19.4. The molecule has 1 N–H and O–H groups in total. The summed E-state index contributed by atoms with van der Waals surface area (Å²) in [6, 6.07) is 6.01. The second-order valence-electron chi connectivity index (χ2n) is 7.10. The zero-order chi connectivity index (χ0) is 17.3. The van der Waals surface area contributed by atoms with E-state index in [9.17, 15) is 4.79 Å². The maximum Gasteiger partial charge on any atom is 0.290 e. The number of methoxy groups -OCH3 is 1. The molecule has 1 aliphatic carbocycles. The van der Waals surface area contributed by atoms with Crippen molar-refractivity contribution in [2.24, 2.45) is 5.41 Å². The average Bonchev–Trinajstić information content (AvgIpc) is 3.04. The van der Waals surface area contributed by atoms with Crippen molar-refractivity contribution in [3.05, 3.63) is 46.0 Å². The van der Waals surface area contributed by atoms with Crippen LogP contribution in [0.15, 0.2) is 33.4 Å². The molecule has 2 aromatic heterocycles. The quantitative estimate of drug-likeness (QED) is 0.808. The van der Waals surface area contributed by atoms with Crippen molar-refractivity contribution in [2.45, 2.75) is 38.5 Å². The second-order valence-corrected chi connectivity index (χ2v) is 7.88. The standard InChI is InChI=1S/C19H24N2O3S.ClH/c1-23-12-15-2-3-16(24-15)18(22)21(11-14-4-9-25-13-14)17-10-19(17)5-7-20-8-6-19;/h2-4,9,13,17,20H,5-8,10-12H2,1H3;1H. The van der Waals surface area contributed by atoms with Crippen LogP contribution < -0.4 is 5.32 Å². The fraction of sp³-hybridized carbons (Fsp3) is 0.526. The molecule has 0 bridgehead atoms. The summed E-state index contributed by atoms with van der Waals surface area (Å²) in [5.41, 5.74) is 1.50. The molecule has 0 radical (unpaired) electrons. The summed E-state index contributed by atoms with van der Waals surface area (Å²) in [5, 5.41) is 7.62. The zero-order valence-corrected chi connectivity index (χ0v) is 16.5. The van der Waals surface area contributed by atoms with Crippen LogP contribution in [-0.2, 0) is 17.9 Å². The fourth-order valence-electron chi connectivity index (χ4n) is 3.99. The summed E-state index contributed by atoms with van der Waals surface area (Å²) in [6.45, 7) is 3.14. The third-order valence-electron chi connectivity index (χ3n) is 5.48. The van der Waals surface area contributed by atoms with Gasteiger partial charge in [-0.1, -0.05) is 0 Å². The summed E-state index contributed by atoms with van der Waals surface area (Å²) in [5.74, 6) is 1.10. The molecule has 7 heteroatoms. The van der Waals surface area contributed by atoms with Gasteiger partial charge in [0.2, 0.25) is 0 Å². The normalized spacial score (nSPS) is 20.6. The number of hydrogen-bond donors (Lipinski definition) is 1. The van der Waals surface area contributed by atoms with E-state index in [4.69, 9.17) is 9.15 Å². The third-order valence-corrected chi connectivity index (χ3v) is 6.21. The molecule has 1 spiro atoms. The summed E-state index contributed by atoms with van der Waals surface area (Å²) in [4.78, 5) is 15.2. The number of halogens is 1. The molecule has 1 saturated heterocycles. The predicted molar refractivity (Wildman–Crippen MR) is 104 cm³/mol. The van der Waals surface area contributed by atoms with Crippen molar-refractivity contribution in [1.29, 1.82) is 0 Å². The Balaban J connectivity index is 0.00000196. The highest BCUT2D eigenvalue weighted by atomic mass is 35.5. The van der Waals surface area contributed by atoms with Gasteiger partial charge in [-0.2, -0.15) is 11.3 Å². The number of thiophene rings is 1. The van der Waals surface area contributed by atoms with Gasteiger partial charge in [0.25, 0.3) is 5.91 Å². The number of nitrogens with zero attached hydrogens (tertiary/aromatic N) is 1. The van der Waals surface area contributed by atoms with Crippen molar-refractivity contribution in [2.75, 3.05) is 20.2 Å². The molecule has 3 heterocycles. The summed E-state index contributed by atoms with van der Waals surface area (Å²) in [7, 11) is 1.62. The monoisotopic (exact) mass is 396 g/mol. The summed E-state index contributed by atoms with van der Waals surface area (Å²) in [6.07, 6.45) is 3.41. The van der Waals surface area contributed by atoms with Crippen molar-refractivity contribution >= 4 is 29.7 Å². The number of nitrogens with one attached hydrogen (secondary N) is 1. The van der Waals surface area contributed by atoms with Crippen LogP contribution in [0.2, 0.25) is 0 Å². The van der Waals surface area contributed by atoms with E-state index in [-0.39, 0.29) is 18.3 Å². The van der Waals surface area contributed by atoms with E-state index in [1.54, 1.807) is 24.5 Å². The van der Waals surface area contributed by atoms with Crippen molar-refractivity contribution in [3.63, 3.8) is 0 Å². The van der Waals surface area contributed by atoms with Crippen molar-refractivity contribution < 1.29 is 13.9 Å². The maximum atomic E-state index is 13.2. The Morgan fingerprint density at radius 2 is 2.19 bits per heavy atom. The molecule has 142 valence electrons. The molecule has 0 aromatic carbocycles. The molecule has 1 saturated carbocycles. The molecule has 1 amide bonds. The van der Waals surface area contributed by atoms with Crippen LogP contribution in [-0.4, -0.2) is 37.0 Å². The predicted octanol–water partition coefficient (Wildman–Crippen LogP) is 3.69. The summed E-state index contributed by atoms with van der Waals surface area (Å²) >= 11 is 1.67. The van der Waals surface area contributed by atoms with Crippen LogP contribution in [0.4, 0.5) is 0 Å². The molecule has 1 unspecified atom stereocenters. The number of carbonyl (C=O) groups is 1. The van der Waals surface area contributed by atoms with E-state index in [1.165, 1.54) is 5.56 Å². The number of carbonyl (C=O) groups excluding carboxylic acids is 1. The van der Waals surface area contributed by atoms with E-state index in [1.807, 2.05) is 11.0 Å². The van der Waals surface area contributed by atoms with Crippen LogP contribution in [0.1, 0.15) is 41.1 Å². The SMILES string of the molecule is COCc1ccc(C(=O)N(Cc2ccsc2)C2CC23CCNCC3)o1.Cl. The molecule has 2 aromatic rings. The van der Waals surface area contributed by atoms with Crippen LogP contribution in [0.25, 0.3) is 0 Å². The van der Waals surface area contributed by atoms with Gasteiger partial charge in [0.05, 0.1) is 0 Å². The number of furan rings is 1. The lowest BCUT2D eigenvalue weighted by Crippen LogP contribution is -2.39. The number of rotatable bonds is 6. The number of hydrogen-bond acceptors (Lipinski definition) is 5. The molecule has 1 atom stereocenters. The van der Waals surface area contributed by atoms with Gasteiger partial charge in [-0.05, 0) is 72.3 Å². The Hall–Kier alpha value is -1.34. The minimum Gasteiger partial charge on any atom is -0.453 e. The van der Waals surface area contributed by atoms with E-state index in [2.05, 4.69) is 22.1 Å². The van der Waals surface area contributed by atoms with Gasteiger partial charge in [-0.3, -0.25) is 4.79 Å². The Morgan fingerprint density at radius 1 is 1.38 bits per heavy atom. The number of ether oxygens (including phenoxy) is 1. The van der Waals surface area contributed by atoms with E-state index < -0.39 is 0 Å². The first-order valence-electron chi connectivity index (χ1n) is 8.82. The lowest BCUT2D eigenvalue weighted by molar-refractivity contribution is 0.0652. The van der Waals surface area contributed by atoms with Gasteiger partial charge in [-0.15, -0.1) is 12.4 Å². The smallest absolute Gasteiger partial charge is 0.290 e. The number of piperidine rings is 1. The molecule has 2 aliphatic rings. The molecule has 2 fully saturated rings. The Labute approximate surface area is 164 Å². The van der Waals surface area contributed by atoms with Gasteiger partial charge in [-0.25, -0.2) is 0 Å². The van der Waals surface area contributed by atoms with Gasteiger partial charge in [0.1, 0.15) is 12.4 Å². The Kier molecular flexibility index (Phi) is 6.07. The van der Waals surface area contributed by atoms with Crippen LogP contribution in [0.3, 0.4) is 0 Å². The fourth-order valence-corrected chi connectivity index (χ4v) is 4.65. The Morgan fingerprint density at radius 3 is 2.88 bits per heavy atom. The lowest BCUT2D eigenvalue weighted by atomic mass is 9.93. The third kappa shape index (κ3) is 3.83. The molecular weight excluding hydrogens is 372 g/mol. The van der Waals surface area contributed by atoms with E-state index in [0.717, 1.165) is 32.4 Å². The largest absolute Gasteiger partial charge is 0.453 e. The van der Waals surface area contributed by atoms with Gasteiger partial charge < -0.3 is 19.4 Å². The highest BCUT2D eigenvalue weighted by Crippen LogP contribution is 2.56. The molecular formula is C19H25ClN2O3S. The van der Waals surface area contributed by atoms with Crippen LogP contribution >= 0.6 is 23.7 Å². The van der Waals surface area contributed by atoms with Gasteiger partial charge in [0.15, 0.2) is 5.76 Å². The second kappa shape index (κ2) is 8.13. The van der Waals surface area contributed by atoms with Gasteiger partial charge >= 0.3 is 0 Å². The molecule has 4 rings (SSSR count).